The van der Waals surface area contributed by atoms with Gasteiger partial charge in [0.15, 0.2) is 0 Å². The molecule has 0 bridgehead atoms. The number of hydrogen-bond acceptors (Lipinski definition) is 3. The first-order chi connectivity index (χ1) is 11.2. The molecule has 0 fully saturated rings. The molecule has 130 valence electrons. The maximum absolute atomic E-state index is 12.5. The fourth-order valence-electron chi connectivity index (χ4n) is 2.31. The van der Waals surface area contributed by atoms with Crippen molar-refractivity contribution in [3.05, 3.63) is 47.3 Å². The zero-order valence-corrected chi connectivity index (χ0v) is 14.1. The van der Waals surface area contributed by atoms with E-state index in [0.717, 1.165) is 11.1 Å². The lowest BCUT2D eigenvalue weighted by atomic mass is 9.87. The Morgan fingerprint density at radius 1 is 1.29 bits per heavy atom. The summed E-state index contributed by atoms with van der Waals surface area (Å²) in [5.74, 6) is -0.144. The van der Waals surface area contributed by atoms with Gasteiger partial charge in [0.25, 0.3) is 5.91 Å². The average Bonchev–Trinajstić information content (AvgIpc) is 2.87. The maximum atomic E-state index is 12.5. The van der Waals surface area contributed by atoms with Crippen LogP contribution < -0.4 is 10.1 Å². The van der Waals surface area contributed by atoms with E-state index in [-0.39, 0.29) is 23.6 Å². The van der Waals surface area contributed by atoms with Crippen molar-refractivity contribution in [1.82, 2.24) is 15.1 Å². The maximum Gasteiger partial charge on any atom is 0.387 e. The Hall–Kier alpha value is -2.44. The van der Waals surface area contributed by atoms with Crippen LogP contribution in [0.25, 0.3) is 0 Å². The lowest BCUT2D eigenvalue weighted by Crippen LogP contribution is -2.28. The van der Waals surface area contributed by atoms with Crippen LogP contribution in [0.2, 0.25) is 0 Å². The van der Waals surface area contributed by atoms with Gasteiger partial charge in [0.1, 0.15) is 11.4 Å². The third-order valence-corrected chi connectivity index (χ3v) is 3.56. The largest absolute Gasteiger partial charge is 0.435 e. The number of alkyl halides is 2. The molecule has 2 rings (SSSR count). The summed E-state index contributed by atoms with van der Waals surface area (Å²) >= 11 is 0. The van der Waals surface area contributed by atoms with Crippen LogP contribution in [0.4, 0.5) is 8.78 Å². The number of amides is 1. The molecule has 1 aromatic heterocycles. The van der Waals surface area contributed by atoms with Gasteiger partial charge in [0.05, 0.1) is 6.20 Å². The van der Waals surface area contributed by atoms with E-state index < -0.39 is 6.61 Å². The van der Waals surface area contributed by atoms with Gasteiger partial charge in [-0.2, -0.15) is 13.9 Å². The van der Waals surface area contributed by atoms with Crippen molar-refractivity contribution in [2.24, 2.45) is 7.05 Å². The third kappa shape index (κ3) is 4.31. The summed E-state index contributed by atoms with van der Waals surface area (Å²) in [6, 6.07) is 6.15. The number of carbonyl (C=O) groups is 1. The summed E-state index contributed by atoms with van der Waals surface area (Å²) in [5, 5.41) is 6.99. The fourth-order valence-corrected chi connectivity index (χ4v) is 2.31. The van der Waals surface area contributed by atoms with Crippen LogP contribution in [0.3, 0.4) is 0 Å². The minimum absolute atomic E-state index is 0.0849. The van der Waals surface area contributed by atoms with E-state index in [2.05, 4.69) is 15.2 Å². The van der Waals surface area contributed by atoms with Crippen LogP contribution in [0, 0.1) is 0 Å². The molecular weight excluding hydrogens is 316 g/mol. The zero-order chi connectivity index (χ0) is 17.9. The Morgan fingerprint density at radius 2 is 1.92 bits per heavy atom. The summed E-state index contributed by atoms with van der Waals surface area (Å²) in [6.45, 7) is 3.48. The van der Waals surface area contributed by atoms with Crippen LogP contribution in [-0.4, -0.2) is 22.3 Å². The number of ether oxygens (including phenoxy) is 1. The second-order valence-corrected chi connectivity index (χ2v) is 6.49. The van der Waals surface area contributed by atoms with Crippen molar-refractivity contribution in [3.63, 3.8) is 0 Å². The number of rotatable bonds is 5. The van der Waals surface area contributed by atoms with Crippen LogP contribution in [-0.2, 0) is 19.0 Å². The van der Waals surface area contributed by atoms with Gasteiger partial charge in [-0.3, -0.25) is 9.48 Å². The highest BCUT2D eigenvalue weighted by Gasteiger charge is 2.25. The van der Waals surface area contributed by atoms with E-state index in [0.29, 0.717) is 5.69 Å². The molecule has 0 unspecified atom stereocenters. The van der Waals surface area contributed by atoms with Crippen molar-refractivity contribution in [2.45, 2.75) is 39.3 Å². The lowest BCUT2D eigenvalue weighted by molar-refractivity contribution is -0.0498. The molecule has 2 aromatic rings. The first kappa shape index (κ1) is 17.9. The van der Waals surface area contributed by atoms with E-state index in [1.165, 1.54) is 12.1 Å². The Bertz CT molecular complexity index is 704. The summed E-state index contributed by atoms with van der Waals surface area (Å²) < 4.78 is 30.1. The van der Waals surface area contributed by atoms with E-state index >= 15 is 0 Å². The predicted octanol–water partition coefficient (Wildman–Crippen LogP) is 3.25. The van der Waals surface area contributed by atoms with Gasteiger partial charge in [-0.1, -0.05) is 32.9 Å². The van der Waals surface area contributed by atoms with Crippen LogP contribution in [0.1, 0.15) is 42.4 Å². The molecule has 1 aromatic carbocycles. The molecule has 0 aliphatic rings. The standard InChI is InChI=1S/C17H21F2N3O2/c1-17(2,3)13-10-21-22(4)14(13)15(23)20-9-11-5-7-12(8-6-11)24-16(18)19/h5-8,10,16H,9H2,1-4H3,(H,20,23). The topological polar surface area (TPSA) is 56.2 Å². The second-order valence-electron chi connectivity index (χ2n) is 6.49. The summed E-state index contributed by atoms with van der Waals surface area (Å²) in [6.07, 6.45) is 1.70. The van der Waals surface area contributed by atoms with Crippen molar-refractivity contribution >= 4 is 5.91 Å². The Kier molecular flexibility index (Phi) is 5.21. The first-order valence-corrected chi connectivity index (χ1v) is 7.53. The number of halogens is 2. The summed E-state index contributed by atoms with van der Waals surface area (Å²) in [7, 11) is 1.72. The van der Waals surface area contributed by atoms with E-state index in [1.54, 1.807) is 30.1 Å². The minimum atomic E-state index is -2.85. The highest BCUT2D eigenvalue weighted by molar-refractivity contribution is 5.94. The van der Waals surface area contributed by atoms with Crippen LogP contribution in [0.15, 0.2) is 30.5 Å². The van der Waals surface area contributed by atoms with Crippen molar-refractivity contribution in [3.8, 4) is 5.75 Å². The zero-order valence-electron chi connectivity index (χ0n) is 14.1. The number of hydrogen-bond donors (Lipinski definition) is 1. The molecule has 5 nitrogen and oxygen atoms in total. The van der Waals surface area contributed by atoms with Gasteiger partial charge in [-0.05, 0) is 23.1 Å². The molecule has 1 N–H and O–H groups in total. The Morgan fingerprint density at radius 3 is 2.46 bits per heavy atom. The molecule has 1 amide bonds. The van der Waals surface area contributed by atoms with Gasteiger partial charge in [-0.25, -0.2) is 0 Å². The third-order valence-electron chi connectivity index (χ3n) is 3.56. The van der Waals surface area contributed by atoms with Gasteiger partial charge in [-0.15, -0.1) is 0 Å². The molecule has 0 aliphatic carbocycles. The second kappa shape index (κ2) is 6.98. The fraction of sp³-hybridized carbons (Fsp3) is 0.412. The number of nitrogens with zero attached hydrogens (tertiary/aromatic N) is 2. The molecule has 0 saturated carbocycles. The SMILES string of the molecule is Cn1ncc(C(C)(C)C)c1C(=O)NCc1ccc(OC(F)F)cc1. The molecule has 0 radical (unpaired) electrons. The van der Waals surface area contributed by atoms with E-state index in [9.17, 15) is 13.6 Å². The molecule has 7 heteroatoms. The van der Waals surface area contributed by atoms with Gasteiger partial charge in [0.2, 0.25) is 0 Å². The number of nitrogens with one attached hydrogen (secondary N) is 1. The van der Waals surface area contributed by atoms with Gasteiger partial charge < -0.3 is 10.1 Å². The molecule has 24 heavy (non-hydrogen) atoms. The normalized spacial score (nSPS) is 11.6. The minimum Gasteiger partial charge on any atom is -0.435 e. The number of aromatic nitrogens is 2. The Balaban J connectivity index is 2.05. The van der Waals surface area contributed by atoms with Crippen molar-refractivity contribution in [1.29, 1.82) is 0 Å². The summed E-state index contributed by atoms with van der Waals surface area (Å²) in [5.41, 5.74) is 1.96. The highest BCUT2D eigenvalue weighted by Crippen LogP contribution is 2.25. The van der Waals surface area contributed by atoms with Gasteiger partial charge >= 0.3 is 6.61 Å². The van der Waals surface area contributed by atoms with Crippen LogP contribution >= 0.6 is 0 Å². The van der Waals surface area contributed by atoms with E-state index in [1.807, 2.05) is 20.8 Å². The van der Waals surface area contributed by atoms with E-state index in [4.69, 9.17) is 0 Å². The highest BCUT2D eigenvalue weighted by atomic mass is 19.3. The number of carbonyl (C=O) groups excluding carboxylic acids is 1. The predicted molar refractivity (Wildman–Crippen MR) is 86.2 cm³/mol. The molecule has 0 aliphatic heterocycles. The Labute approximate surface area is 139 Å². The number of aryl methyl sites for hydroxylation is 1. The van der Waals surface area contributed by atoms with Crippen LogP contribution in [0.5, 0.6) is 5.75 Å². The monoisotopic (exact) mass is 337 g/mol. The molecular formula is C17H21F2N3O2. The summed E-state index contributed by atoms with van der Waals surface area (Å²) in [4.78, 5) is 12.5. The van der Waals surface area contributed by atoms with Crippen molar-refractivity contribution < 1.29 is 18.3 Å². The molecule has 0 atom stereocenters. The molecule has 0 spiro atoms. The lowest BCUT2D eigenvalue weighted by Gasteiger charge is -2.19. The average molecular weight is 337 g/mol. The molecule has 1 heterocycles. The number of benzene rings is 1. The van der Waals surface area contributed by atoms with Crippen molar-refractivity contribution in [2.75, 3.05) is 0 Å². The molecule has 0 saturated heterocycles. The first-order valence-electron chi connectivity index (χ1n) is 7.53. The van der Waals surface area contributed by atoms with Gasteiger partial charge in [0, 0.05) is 19.2 Å². The quantitative estimate of drug-likeness (QED) is 0.911. The smallest absolute Gasteiger partial charge is 0.387 e.